The van der Waals surface area contributed by atoms with Crippen LogP contribution in [-0.2, 0) is 22.6 Å². The Kier molecular flexibility index (Phi) is 7.95. The highest BCUT2D eigenvalue weighted by atomic mass is 16.6. The average Bonchev–Trinajstić information content (AvgIpc) is 2.77. The van der Waals surface area contributed by atoms with E-state index in [0.29, 0.717) is 12.4 Å². The molecular formula is C28H31NO5. The predicted molar refractivity (Wildman–Crippen MR) is 132 cm³/mol. The third-order valence-electron chi connectivity index (χ3n) is 5.15. The first kappa shape index (κ1) is 24.8. The minimum Gasteiger partial charge on any atom is -0.488 e. The van der Waals surface area contributed by atoms with E-state index in [1.165, 1.54) is 0 Å². The predicted octanol–water partition coefficient (Wildman–Crippen LogP) is 5.76. The number of carbonyl (C=O) groups is 2. The van der Waals surface area contributed by atoms with E-state index in [-0.39, 0.29) is 6.42 Å². The Balaban J connectivity index is 1.88. The Hall–Kier alpha value is -3.80. The van der Waals surface area contributed by atoms with Crippen LogP contribution in [0, 0.1) is 6.92 Å². The molecule has 0 aromatic heterocycles. The van der Waals surface area contributed by atoms with Crippen LogP contribution in [-0.4, -0.2) is 28.8 Å². The number of aliphatic carboxylic acids is 1. The number of hydrogen-bond donors (Lipinski definition) is 2. The molecule has 0 saturated heterocycles. The largest absolute Gasteiger partial charge is 0.488 e. The van der Waals surface area contributed by atoms with Crippen LogP contribution >= 0.6 is 0 Å². The Bertz CT molecular complexity index is 1140. The van der Waals surface area contributed by atoms with Gasteiger partial charge in [0.25, 0.3) is 0 Å². The number of amides is 1. The fraction of sp³-hybridized carbons (Fsp3) is 0.286. The van der Waals surface area contributed by atoms with Gasteiger partial charge >= 0.3 is 12.1 Å². The summed E-state index contributed by atoms with van der Waals surface area (Å²) in [6.45, 7) is 7.62. The van der Waals surface area contributed by atoms with Gasteiger partial charge in [0.15, 0.2) is 0 Å². The molecule has 0 bridgehead atoms. The summed E-state index contributed by atoms with van der Waals surface area (Å²) in [7, 11) is 0. The van der Waals surface area contributed by atoms with Crippen molar-refractivity contribution in [1.82, 2.24) is 5.32 Å². The summed E-state index contributed by atoms with van der Waals surface area (Å²) >= 11 is 0. The third-order valence-corrected chi connectivity index (χ3v) is 5.15. The zero-order chi connectivity index (χ0) is 24.7. The molecule has 0 aliphatic carbocycles. The number of hydrogen-bond acceptors (Lipinski definition) is 4. The molecule has 0 saturated carbocycles. The van der Waals surface area contributed by atoms with Crippen molar-refractivity contribution < 1.29 is 24.2 Å². The smallest absolute Gasteiger partial charge is 0.408 e. The van der Waals surface area contributed by atoms with Gasteiger partial charge < -0.3 is 19.9 Å². The lowest BCUT2D eigenvalue weighted by molar-refractivity contribution is -0.139. The molecule has 0 aliphatic rings. The number of rotatable bonds is 8. The van der Waals surface area contributed by atoms with Crippen LogP contribution in [0.1, 0.15) is 37.5 Å². The molecule has 0 radical (unpaired) electrons. The van der Waals surface area contributed by atoms with E-state index in [2.05, 4.69) is 5.32 Å². The molecule has 0 heterocycles. The summed E-state index contributed by atoms with van der Waals surface area (Å²) in [6, 6.07) is 22.3. The third kappa shape index (κ3) is 7.10. The lowest BCUT2D eigenvalue weighted by atomic mass is 9.95. The van der Waals surface area contributed by atoms with Crippen molar-refractivity contribution in [3.8, 4) is 16.9 Å². The standard InChI is InChI=1S/C28H31NO5/c1-19-10-8-9-13-22(19)23-16-21(14-15-25(23)33-18-20-11-6-5-7-12-20)17-24(26(30)31)29-27(32)34-28(2,3)4/h5-16,24H,17-18H2,1-4H3,(H,29,32)(H,30,31)/t24-/m0/s1. The van der Waals surface area contributed by atoms with Crippen molar-refractivity contribution in [1.29, 1.82) is 0 Å². The minimum absolute atomic E-state index is 0.104. The second kappa shape index (κ2) is 10.9. The number of alkyl carbamates (subject to hydrolysis) is 1. The number of aryl methyl sites for hydroxylation is 1. The van der Waals surface area contributed by atoms with Crippen LogP contribution < -0.4 is 10.1 Å². The molecule has 6 heteroatoms. The van der Waals surface area contributed by atoms with E-state index >= 15 is 0 Å². The van der Waals surface area contributed by atoms with Gasteiger partial charge in [0.2, 0.25) is 0 Å². The lowest BCUT2D eigenvalue weighted by Crippen LogP contribution is -2.44. The van der Waals surface area contributed by atoms with Crippen molar-refractivity contribution in [3.05, 3.63) is 89.5 Å². The number of benzene rings is 3. The summed E-state index contributed by atoms with van der Waals surface area (Å²) in [5, 5.41) is 12.1. The molecular weight excluding hydrogens is 430 g/mol. The van der Waals surface area contributed by atoms with E-state index in [9.17, 15) is 14.7 Å². The number of carboxylic acid groups (broad SMARTS) is 1. The summed E-state index contributed by atoms with van der Waals surface area (Å²) in [4.78, 5) is 24.0. The highest BCUT2D eigenvalue weighted by Crippen LogP contribution is 2.34. The van der Waals surface area contributed by atoms with Crippen LogP contribution in [0.25, 0.3) is 11.1 Å². The zero-order valence-electron chi connectivity index (χ0n) is 20.0. The normalized spacial score (nSPS) is 12.0. The van der Waals surface area contributed by atoms with Crippen molar-refractivity contribution in [3.63, 3.8) is 0 Å². The Morgan fingerprint density at radius 2 is 1.59 bits per heavy atom. The monoisotopic (exact) mass is 461 g/mol. The van der Waals surface area contributed by atoms with Crippen molar-refractivity contribution in [2.75, 3.05) is 0 Å². The quantitative estimate of drug-likeness (QED) is 0.445. The number of ether oxygens (including phenoxy) is 2. The summed E-state index contributed by atoms with van der Waals surface area (Å²) < 4.78 is 11.4. The van der Waals surface area contributed by atoms with Crippen molar-refractivity contribution >= 4 is 12.1 Å². The molecule has 6 nitrogen and oxygen atoms in total. The maximum absolute atomic E-state index is 12.2. The summed E-state index contributed by atoms with van der Waals surface area (Å²) in [5.41, 5.74) is 4.03. The molecule has 3 aromatic rings. The SMILES string of the molecule is Cc1ccccc1-c1cc(C[C@H](NC(=O)OC(C)(C)C)C(=O)O)ccc1OCc1ccccc1. The van der Waals surface area contributed by atoms with E-state index in [1.807, 2.05) is 79.7 Å². The molecule has 0 spiro atoms. The number of nitrogens with one attached hydrogen (secondary N) is 1. The van der Waals surface area contributed by atoms with Crippen molar-refractivity contribution in [2.24, 2.45) is 0 Å². The van der Waals surface area contributed by atoms with Gasteiger partial charge in [-0.3, -0.25) is 0 Å². The molecule has 3 rings (SSSR count). The van der Waals surface area contributed by atoms with Gasteiger partial charge in [-0.05, 0) is 62.1 Å². The fourth-order valence-electron chi connectivity index (χ4n) is 3.54. The van der Waals surface area contributed by atoms with Crippen LogP contribution in [0.4, 0.5) is 4.79 Å². The van der Waals surface area contributed by atoms with Gasteiger partial charge in [-0.2, -0.15) is 0 Å². The van der Waals surface area contributed by atoms with E-state index in [4.69, 9.17) is 9.47 Å². The van der Waals surface area contributed by atoms with Crippen LogP contribution in [0.5, 0.6) is 5.75 Å². The van der Waals surface area contributed by atoms with Crippen LogP contribution in [0.15, 0.2) is 72.8 Å². The molecule has 2 N–H and O–H groups in total. The van der Waals surface area contributed by atoms with Crippen molar-refractivity contribution in [2.45, 2.75) is 52.4 Å². The molecule has 0 aliphatic heterocycles. The van der Waals surface area contributed by atoms with Crippen LogP contribution in [0.2, 0.25) is 0 Å². The molecule has 34 heavy (non-hydrogen) atoms. The Morgan fingerprint density at radius 1 is 0.912 bits per heavy atom. The number of carbonyl (C=O) groups excluding carboxylic acids is 1. The van der Waals surface area contributed by atoms with Gasteiger partial charge in [-0.25, -0.2) is 9.59 Å². The molecule has 0 unspecified atom stereocenters. The maximum Gasteiger partial charge on any atom is 0.408 e. The minimum atomic E-state index is -1.13. The summed E-state index contributed by atoms with van der Waals surface area (Å²) in [6.07, 6.45) is -0.659. The highest BCUT2D eigenvalue weighted by molar-refractivity contribution is 5.81. The Labute approximate surface area is 200 Å². The van der Waals surface area contributed by atoms with E-state index < -0.39 is 23.7 Å². The van der Waals surface area contributed by atoms with Gasteiger partial charge in [0.05, 0.1) is 0 Å². The molecule has 3 aromatic carbocycles. The highest BCUT2D eigenvalue weighted by Gasteiger charge is 2.25. The van der Waals surface area contributed by atoms with E-state index in [0.717, 1.165) is 27.8 Å². The number of carboxylic acids is 1. The van der Waals surface area contributed by atoms with Gasteiger partial charge in [-0.15, -0.1) is 0 Å². The first-order chi connectivity index (χ1) is 16.1. The van der Waals surface area contributed by atoms with Gasteiger partial charge in [0.1, 0.15) is 24.0 Å². The fourth-order valence-corrected chi connectivity index (χ4v) is 3.54. The molecule has 178 valence electrons. The van der Waals surface area contributed by atoms with Gasteiger partial charge in [-0.1, -0.05) is 60.7 Å². The molecule has 1 atom stereocenters. The molecule has 1 amide bonds. The first-order valence-corrected chi connectivity index (χ1v) is 11.2. The zero-order valence-corrected chi connectivity index (χ0v) is 20.0. The summed E-state index contributed by atoms with van der Waals surface area (Å²) in [5.74, 6) is -0.429. The topological polar surface area (TPSA) is 84.9 Å². The molecule has 0 fully saturated rings. The van der Waals surface area contributed by atoms with Gasteiger partial charge in [0, 0.05) is 12.0 Å². The Morgan fingerprint density at radius 3 is 2.24 bits per heavy atom. The second-order valence-corrected chi connectivity index (χ2v) is 9.16. The lowest BCUT2D eigenvalue weighted by Gasteiger charge is -2.22. The van der Waals surface area contributed by atoms with E-state index in [1.54, 1.807) is 20.8 Å². The first-order valence-electron chi connectivity index (χ1n) is 11.2. The average molecular weight is 462 g/mol. The van der Waals surface area contributed by atoms with Crippen LogP contribution in [0.3, 0.4) is 0 Å². The second-order valence-electron chi connectivity index (χ2n) is 9.16. The maximum atomic E-state index is 12.2.